The van der Waals surface area contributed by atoms with Crippen LogP contribution in [0.4, 0.5) is 5.82 Å². The normalized spacial score (nSPS) is 16.6. The number of anilines is 1. The van der Waals surface area contributed by atoms with Crippen LogP contribution in [0.3, 0.4) is 0 Å². The number of pyridine rings is 1. The van der Waals surface area contributed by atoms with Gasteiger partial charge in [0.15, 0.2) is 11.5 Å². The second-order valence-corrected chi connectivity index (χ2v) is 5.76. The molecule has 0 saturated heterocycles. The quantitative estimate of drug-likeness (QED) is 0.891. The summed E-state index contributed by atoms with van der Waals surface area (Å²) in [5, 5.41) is 16.8. The van der Waals surface area contributed by atoms with Gasteiger partial charge in [-0.3, -0.25) is 0 Å². The van der Waals surface area contributed by atoms with Crippen LogP contribution in [-0.2, 0) is 6.54 Å². The zero-order valence-electron chi connectivity index (χ0n) is 13.1. The van der Waals surface area contributed by atoms with Crippen molar-refractivity contribution in [3.63, 3.8) is 0 Å². The number of aryl methyl sites for hydroxylation is 1. The summed E-state index contributed by atoms with van der Waals surface area (Å²) in [5.41, 5.74) is 0.0325. The Kier molecular flexibility index (Phi) is 5.20. The van der Waals surface area contributed by atoms with Gasteiger partial charge in [0.05, 0.1) is 6.04 Å². The van der Waals surface area contributed by atoms with Crippen molar-refractivity contribution < 1.29 is 9.90 Å². The summed E-state index contributed by atoms with van der Waals surface area (Å²) in [7, 11) is 0. The van der Waals surface area contributed by atoms with Gasteiger partial charge in [-0.05, 0) is 25.0 Å². The highest BCUT2D eigenvalue weighted by molar-refractivity contribution is 5.85. The predicted octanol–water partition coefficient (Wildman–Crippen LogP) is 2.86. The van der Waals surface area contributed by atoms with E-state index in [9.17, 15) is 4.79 Å². The van der Waals surface area contributed by atoms with E-state index in [1.807, 2.05) is 4.68 Å². The highest BCUT2D eigenvalue weighted by Gasteiger charge is 2.25. The van der Waals surface area contributed by atoms with Crippen molar-refractivity contribution in [3.05, 3.63) is 35.5 Å². The Hall–Kier alpha value is -2.15. The Balaban J connectivity index is 0.00000192. The van der Waals surface area contributed by atoms with Crippen LogP contribution in [0.15, 0.2) is 18.2 Å². The molecule has 0 amide bonds. The second-order valence-electron chi connectivity index (χ2n) is 5.76. The van der Waals surface area contributed by atoms with Crippen molar-refractivity contribution >= 4 is 24.2 Å². The lowest BCUT2D eigenvalue weighted by Gasteiger charge is -2.23. The SMILES string of the molecule is CC(C)c1nc2n(n1)CCCC2Nc1cccc(C(=O)O)n1.Cl. The average Bonchev–Trinajstić information content (AvgIpc) is 2.93. The van der Waals surface area contributed by atoms with E-state index < -0.39 is 5.97 Å². The Labute approximate surface area is 140 Å². The van der Waals surface area contributed by atoms with Gasteiger partial charge in [0, 0.05) is 12.5 Å². The van der Waals surface area contributed by atoms with Gasteiger partial charge >= 0.3 is 5.97 Å². The number of hydrogen-bond acceptors (Lipinski definition) is 5. The summed E-state index contributed by atoms with van der Waals surface area (Å²) < 4.78 is 1.94. The van der Waals surface area contributed by atoms with E-state index >= 15 is 0 Å². The van der Waals surface area contributed by atoms with Gasteiger partial charge in [0.1, 0.15) is 11.6 Å². The number of nitrogens with one attached hydrogen (secondary N) is 1. The van der Waals surface area contributed by atoms with E-state index in [0.717, 1.165) is 31.0 Å². The molecule has 1 atom stereocenters. The van der Waals surface area contributed by atoms with Gasteiger partial charge in [0.25, 0.3) is 0 Å². The lowest BCUT2D eigenvalue weighted by atomic mass is 10.1. The van der Waals surface area contributed by atoms with Crippen LogP contribution < -0.4 is 5.32 Å². The summed E-state index contributed by atoms with van der Waals surface area (Å²) in [5.74, 6) is 1.55. The number of carboxylic acid groups (broad SMARTS) is 1. The molecule has 2 aromatic rings. The summed E-state index contributed by atoms with van der Waals surface area (Å²) in [6, 6.07) is 4.94. The predicted molar refractivity (Wildman–Crippen MR) is 88.2 cm³/mol. The van der Waals surface area contributed by atoms with E-state index in [1.54, 1.807) is 12.1 Å². The zero-order valence-corrected chi connectivity index (χ0v) is 13.9. The van der Waals surface area contributed by atoms with E-state index in [0.29, 0.717) is 5.82 Å². The third-order valence-electron chi connectivity index (χ3n) is 3.70. The molecular weight excluding hydrogens is 318 g/mol. The molecule has 8 heteroatoms. The number of carboxylic acids is 1. The van der Waals surface area contributed by atoms with Crippen LogP contribution in [0.1, 0.15) is 60.8 Å². The highest BCUT2D eigenvalue weighted by Crippen LogP contribution is 2.27. The largest absolute Gasteiger partial charge is 0.477 e. The molecule has 0 aliphatic carbocycles. The number of aromatic nitrogens is 4. The third-order valence-corrected chi connectivity index (χ3v) is 3.70. The van der Waals surface area contributed by atoms with Crippen molar-refractivity contribution in [1.82, 2.24) is 19.7 Å². The number of rotatable bonds is 4. The van der Waals surface area contributed by atoms with E-state index in [2.05, 4.69) is 34.2 Å². The van der Waals surface area contributed by atoms with Crippen LogP contribution in [0.2, 0.25) is 0 Å². The van der Waals surface area contributed by atoms with Crippen molar-refractivity contribution in [2.45, 2.75) is 45.2 Å². The van der Waals surface area contributed by atoms with Gasteiger partial charge in [-0.25, -0.2) is 19.4 Å². The summed E-state index contributed by atoms with van der Waals surface area (Å²) in [6.07, 6.45) is 1.93. The second kappa shape index (κ2) is 6.95. The molecule has 0 radical (unpaired) electrons. The van der Waals surface area contributed by atoms with Gasteiger partial charge in [-0.2, -0.15) is 5.10 Å². The van der Waals surface area contributed by atoms with Gasteiger partial charge in [-0.1, -0.05) is 19.9 Å². The molecular formula is C15H20ClN5O2. The van der Waals surface area contributed by atoms with E-state index in [4.69, 9.17) is 5.11 Å². The minimum absolute atomic E-state index is 0. The zero-order chi connectivity index (χ0) is 15.7. The number of nitrogens with zero attached hydrogens (tertiary/aromatic N) is 4. The molecule has 1 aliphatic rings. The number of aromatic carboxylic acids is 1. The number of halogens is 1. The first-order chi connectivity index (χ1) is 10.5. The summed E-state index contributed by atoms with van der Waals surface area (Å²) >= 11 is 0. The highest BCUT2D eigenvalue weighted by atomic mass is 35.5. The maximum Gasteiger partial charge on any atom is 0.354 e. The molecule has 3 heterocycles. The lowest BCUT2D eigenvalue weighted by molar-refractivity contribution is 0.0690. The Morgan fingerprint density at radius 1 is 1.39 bits per heavy atom. The van der Waals surface area contributed by atoms with Crippen molar-refractivity contribution in [3.8, 4) is 0 Å². The molecule has 2 aromatic heterocycles. The van der Waals surface area contributed by atoms with Crippen molar-refractivity contribution in [2.24, 2.45) is 0 Å². The molecule has 1 unspecified atom stereocenters. The molecule has 124 valence electrons. The minimum Gasteiger partial charge on any atom is -0.477 e. The maximum atomic E-state index is 11.0. The molecule has 3 rings (SSSR count). The van der Waals surface area contributed by atoms with Crippen LogP contribution in [0, 0.1) is 0 Å². The minimum atomic E-state index is -1.03. The molecule has 2 N–H and O–H groups in total. The molecule has 23 heavy (non-hydrogen) atoms. The fraction of sp³-hybridized carbons (Fsp3) is 0.467. The van der Waals surface area contributed by atoms with E-state index in [-0.39, 0.29) is 30.1 Å². The van der Waals surface area contributed by atoms with Crippen LogP contribution in [-0.4, -0.2) is 30.8 Å². The molecule has 0 saturated carbocycles. The smallest absolute Gasteiger partial charge is 0.354 e. The van der Waals surface area contributed by atoms with Crippen LogP contribution in [0.25, 0.3) is 0 Å². The Morgan fingerprint density at radius 2 is 2.17 bits per heavy atom. The lowest BCUT2D eigenvalue weighted by Crippen LogP contribution is -2.23. The number of hydrogen-bond donors (Lipinski definition) is 2. The third kappa shape index (κ3) is 3.61. The first kappa shape index (κ1) is 17.2. The Morgan fingerprint density at radius 3 is 2.87 bits per heavy atom. The maximum absolute atomic E-state index is 11.0. The van der Waals surface area contributed by atoms with E-state index in [1.165, 1.54) is 6.07 Å². The molecule has 0 spiro atoms. The first-order valence-electron chi connectivity index (χ1n) is 7.46. The fourth-order valence-corrected chi connectivity index (χ4v) is 2.56. The van der Waals surface area contributed by atoms with Gasteiger partial charge < -0.3 is 10.4 Å². The Bertz CT molecular complexity index is 701. The monoisotopic (exact) mass is 337 g/mol. The fourth-order valence-electron chi connectivity index (χ4n) is 2.56. The standard InChI is InChI=1S/C15H19N5O2.ClH/c1-9(2)13-18-14-10(6-4-8-20(14)19-13)16-12-7-3-5-11(17-12)15(21)22;/h3,5,7,9-10H,4,6,8H2,1-2H3,(H,16,17)(H,21,22);1H. The summed E-state index contributed by atoms with van der Waals surface area (Å²) in [4.78, 5) is 19.7. The number of carbonyl (C=O) groups is 1. The van der Waals surface area contributed by atoms with Crippen LogP contribution >= 0.6 is 12.4 Å². The topological polar surface area (TPSA) is 92.9 Å². The van der Waals surface area contributed by atoms with Crippen molar-refractivity contribution in [1.29, 1.82) is 0 Å². The molecule has 0 bridgehead atoms. The molecule has 7 nitrogen and oxygen atoms in total. The van der Waals surface area contributed by atoms with Crippen LogP contribution in [0.5, 0.6) is 0 Å². The van der Waals surface area contributed by atoms with Gasteiger partial charge in [-0.15, -0.1) is 12.4 Å². The average molecular weight is 338 g/mol. The first-order valence-corrected chi connectivity index (χ1v) is 7.46. The van der Waals surface area contributed by atoms with Crippen molar-refractivity contribution in [2.75, 3.05) is 5.32 Å². The molecule has 1 aliphatic heterocycles. The molecule has 0 aromatic carbocycles. The summed E-state index contributed by atoms with van der Waals surface area (Å²) in [6.45, 7) is 5.01. The molecule has 0 fully saturated rings. The number of fused-ring (bicyclic) bond motifs is 1. The van der Waals surface area contributed by atoms with Gasteiger partial charge in [0.2, 0.25) is 0 Å².